The van der Waals surface area contributed by atoms with Gasteiger partial charge in [0.2, 0.25) is 5.91 Å². The zero-order valence-electron chi connectivity index (χ0n) is 9.43. The molecular formula is C10H18N2O3. The monoisotopic (exact) mass is 214 g/mol. The highest BCUT2D eigenvalue weighted by Gasteiger charge is 2.31. The molecule has 1 rings (SSSR count). The predicted octanol–water partition coefficient (Wildman–Crippen LogP) is 0.0121. The molecule has 86 valence electrons. The van der Waals surface area contributed by atoms with Crippen LogP contribution in [0.5, 0.6) is 0 Å². The van der Waals surface area contributed by atoms with Crippen LogP contribution < -0.4 is 0 Å². The highest BCUT2D eigenvalue weighted by Crippen LogP contribution is 2.16. The average Bonchev–Trinajstić information content (AvgIpc) is 2.08. The molecule has 5 heteroatoms. The van der Waals surface area contributed by atoms with Gasteiger partial charge in [-0.15, -0.1) is 0 Å². The van der Waals surface area contributed by atoms with Gasteiger partial charge in [-0.3, -0.25) is 14.5 Å². The second-order valence-corrected chi connectivity index (χ2v) is 4.21. The number of hydrogen-bond acceptors (Lipinski definition) is 3. The average molecular weight is 214 g/mol. The van der Waals surface area contributed by atoms with Gasteiger partial charge >= 0.3 is 5.97 Å². The van der Waals surface area contributed by atoms with Gasteiger partial charge in [0, 0.05) is 32.1 Å². The van der Waals surface area contributed by atoms with Crippen molar-refractivity contribution < 1.29 is 14.7 Å². The summed E-state index contributed by atoms with van der Waals surface area (Å²) in [6, 6.07) is 0.0974. The zero-order valence-corrected chi connectivity index (χ0v) is 9.43. The summed E-state index contributed by atoms with van der Waals surface area (Å²) in [6.07, 6.45) is 0.0903. The number of piperazine rings is 1. The first-order valence-electron chi connectivity index (χ1n) is 5.11. The van der Waals surface area contributed by atoms with Crippen molar-refractivity contribution in [2.24, 2.45) is 0 Å². The van der Waals surface area contributed by atoms with Gasteiger partial charge in [-0.2, -0.15) is 0 Å². The summed E-state index contributed by atoms with van der Waals surface area (Å²) in [6.45, 7) is 4.76. The third kappa shape index (κ3) is 2.92. The fourth-order valence-electron chi connectivity index (χ4n) is 2.07. The van der Waals surface area contributed by atoms with Crippen LogP contribution in [0.2, 0.25) is 0 Å². The molecule has 1 heterocycles. The van der Waals surface area contributed by atoms with E-state index in [9.17, 15) is 9.59 Å². The number of rotatable bonds is 2. The molecule has 2 atom stereocenters. The molecule has 0 bridgehead atoms. The summed E-state index contributed by atoms with van der Waals surface area (Å²) in [7, 11) is 1.90. The number of carboxylic acid groups (broad SMARTS) is 1. The lowest BCUT2D eigenvalue weighted by Gasteiger charge is -2.42. The minimum atomic E-state index is -0.815. The highest BCUT2D eigenvalue weighted by atomic mass is 16.4. The van der Waals surface area contributed by atoms with E-state index in [4.69, 9.17) is 5.11 Å². The molecule has 0 unspecified atom stereocenters. The Labute approximate surface area is 89.7 Å². The largest absolute Gasteiger partial charge is 0.481 e. The number of amides is 1. The molecule has 0 radical (unpaired) electrons. The van der Waals surface area contributed by atoms with Gasteiger partial charge < -0.3 is 10.0 Å². The van der Waals surface area contributed by atoms with Crippen LogP contribution in [0.15, 0.2) is 0 Å². The molecule has 1 fully saturated rings. The summed E-state index contributed by atoms with van der Waals surface area (Å²) in [5, 5.41) is 8.74. The Kier molecular flexibility index (Phi) is 3.68. The quantitative estimate of drug-likeness (QED) is 0.703. The summed E-state index contributed by atoms with van der Waals surface area (Å²) < 4.78 is 0. The molecule has 0 aromatic rings. The summed E-state index contributed by atoms with van der Waals surface area (Å²) >= 11 is 0. The van der Waals surface area contributed by atoms with Crippen LogP contribution in [-0.4, -0.2) is 59.0 Å². The second kappa shape index (κ2) is 4.61. The van der Waals surface area contributed by atoms with Gasteiger partial charge in [-0.05, 0) is 14.0 Å². The number of hydrogen-bond donors (Lipinski definition) is 1. The van der Waals surface area contributed by atoms with E-state index in [1.54, 1.807) is 4.90 Å². The molecule has 1 amide bonds. The number of likely N-dealkylation sites (N-methyl/N-ethyl adjacent to an activating group) is 1. The molecule has 5 nitrogen and oxygen atoms in total. The molecule has 1 N–H and O–H groups in total. The number of nitrogens with zero attached hydrogens (tertiary/aromatic N) is 2. The van der Waals surface area contributed by atoms with Crippen LogP contribution in [0.1, 0.15) is 20.3 Å². The van der Waals surface area contributed by atoms with Crippen molar-refractivity contribution in [2.75, 3.05) is 20.1 Å². The summed E-state index contributed by atoms with van der Waals surface area (Å²) in [4.78, 5) is 25.7. The van der Waals surface area contributed by atoms with E-state index in [1.807, 2.05) is 18.9 Å². The summed E-state index contributed by atoms with van der Waals surface area (Å²) in [5.74, 6) is -0.795. The van der Waals surface area contributed by atoms with Crippen LogP contribution in [0, 0.1) is 0 Å². The van der Waals surface area contributed by atoms with E-state index < -0.39 is 5.97 Å². The standard InChI is InChI=1S/C10H18N2O3/c1-7-5-11(3)9(4-10(14)15)6-12(7)8(2)13/h7,9H,4-6H2,1-3H3,(H,14,15)/t7-,9-/m0/s1. The Bertz CT molecular complexity index is 267. The normalized spacial score (nSPS) is 27.8. The third-order valence-corrected chi connectivity index (χ3v) is 2.93. The van der Waals surface area contributed by atoms with Crippen molar-refractivity contribution in [2.45, 2.75) is 32.4 Å². The van der Waals surface area contributed by atoms with Crippen molar-refractivity contribution in [1.29, 1.82) is 0 Å². The summed E-state index contributed by atoms with van der Waals surface area (Å²) in [5.41, 5.74) is 0. The highest BCUT2D eigenvalue weighted by molar-refractivity contribution is 5.74. The van der Waals surface area contributed by atoms with Gasteiger partial charge in [-0.1, -0.05) is 0 Å². The van der Waals surface area contributed by atoms with Crippen molar-refractivity contribution in [3.05, 3.63) is 0 Å². The fourth-order valence-corrected chi connectivity index (χ4v) is 2.07. The minimum absolute atomic E-state index is 0.0194. The molecule has 0 aromatic heterocycles. The van der Waals surface area contributed by atoms with Crippen molar-refractivity contribution in [3.63, 3.8) is 0 Å². The van der Waals surface area contributed by atoms with Gasteiger partial charge in [-0.25, -0.2) is 0 Å². The van der Waals surface area contributed by atoms with Gasteiger partial charge in [0.25, 0.3) is 0 Å². The molecule has 1 aliphatic heterocycles. The number of carboxylic acids is 1. The lowest BCUT2D eigenvalue weighted by molar-refractivity contribution is -0.142. The first-order chi connectivity index (χ1) is 6.91. The Balaban J connectivity index is 2.66. The number of carbonyl (C=O) groups is 2. The molecule has 1 aliphatic rings. The maximum absolute atomic E-state index is 11.3. The predicted molar refractivity (Wildman–Crippen MR) is 55.5 cm³/mol. The van der Waals surface area contributed by atoms with E-state index >= 15 is 0 Å². The van der Waals surface area contributed by atoms with E-state index in [2.05, 4.69) is 0 Å². The van der Waals surface area contributed by atoms with Crippen LogP contribution >= 0.6 is 0 Å². The maximum atomic E-state index is 11.3. The van der Waals surface area contributed by atoms with E-state index in [-0.39, 0.29) is 24.4 Å². The molecule has 0 saturated carbocycles. The van der Waals surface area contributed by atoms with Gasteiger partial charge in [0.15, 0.2) is 0 Å². The van der Waals surface area contributed by atoms with Crippen LogP contribution in [-0.2, 0) is 9.59 Å². The molecule has 0 spiro atoms. The van der Waals surface area contributed by atoms with E-state index in [0.29, 0.717) is 6.54 Å². The second-order valence-electron chi connectivity index (χ2n) is 4.21. The fraction of sp³-hybridized carbons (Fsp3) is 0.800. The first kappa shape index (κ1) is 12.0. The molecule has 15 heavy (non-hydrogen) atoms. The Morgan fingerprint density at radius 2 is 2.00 bits per heavy atom. The lowest BCUT2D eigenvalue weighted by Crippen LogP contribution is -2.57. The van der Waals surface area contributed by atoms with Crippen molar-refractivity contribution in [1.82, 2.24) is 9.80 Å². The molecular weight excluding hydrogens is 196 g/mol. The molecule has 0 aromatic carbocycles. The van der Waals surface area contributed by atoms with E-state index in [1.165, 1.54) is 6.92 Å². The Morgan fingerprint density at radius 3 is 2.47 bits per heavy atom. The minimum Gasteiger partial charge on any atom is -0.481 e. The van der Waals surface area contributed by atoms with Crippen molar-refractivity contribution in [3.8, 4) is 0 Å². The lowest BCUT2D eigenvalue weighted by atomic mass is 10.1. The topological polar surface area (TPSA) is 60.9 Å². The van der Waals surface area contributed by atoms with Crippen molar-refractivity contribution >= 4 is 11.9 Å². The third-order valence-electron chi connectivity index (χ3n) is 2.93. The van der Waals surface area contributed by atoms with Crippen LogP contribution in [0.4, 0.5) is 0 Å². The zero-order chi connectivity index (χ0) is 11.6. The molecule has 1 saturated heterocycles. The SMILES string of the molecule is CC(=O)N1C[C@H](CC(=O)O)N(C)C[C@@H]1C. The van der Waals surface area contributed by atoms with Crippen LogP contribution in [0.25, 0.3) is 0 Å². The van der Waals surface area contributed by atoms with E-state index in [0.717, 1.165) is 6.54 Å². The van der Waals surface area contributed by atoms with Gasteiger partial charge in [0.05, 0.1) is 6.42 Å². The smallest absolute Gasteiger partial charge is 0.305 e. The molecule has 0 aliphatic carbocycles. The van der Waals surface area contributed by atoms with Crippen LogP contribution in [0.3, 0.4) is 0 Å². The number of carbonyl (C=O) groups excluding carboxylic acids is 1. The first-order valence-corrected chi connectivity index (χ1v) is 5.11. The number of aliphatic carboxylic acids is 1. The maximum Gasteiger partial charge on any atom is 0.305 e. The van der Waals surface area contributed by atoms with Gasteiger partial charge in [0.1, 0.15) is 0 Å². The Hall–Kier alpha value is -1.10. The Morgan fingerprint density at radius 1 is 1.40 bits per heavy atom.